The summed E-state index contributed by atoms with van der Waals surface area (Å²) in [6.07, 6.45) is 3.20. The zero-order valence-electron chi connectivity index (χ0n) is 14.3. The monoisotopic (exact) mass is 333 g/mol. The molecule has 0 saturated carbocycles. The minimum atomic E-state index is -0.266. The fourth-order valence-corrected chi connectivity index (χ4v) is 2.51. The lowest BCUT2D eigenvalue weighted by Crippen LogP contribution is -2.42. The zero-order chi connectivity index (χ0) is 17.2. The van der Waals surface area contributed by atoms with Gasteiger partial charge in [-0.15, -0.1) is 0 Å². The summed E-state index contributed by atoms with van der Waals surface area (Å²) in [6.45, 7) is 8.26. The highest BCUT2D eigenvalue weighted by Gasteiger charge is 2.29. The quantitative estimate of drug-likeness (QED) is 0.883. The van der Waals surface area contributed by atoms with Crippen molar-refractivity contribution >= 4 is 5.91 Å². The fraction of sp³-hybridized carbons (Fsp3) is 0.667. The maximum Gasteiger partial charge on any atom is 0.224 e. The van der Waals surface area contributed by atoms with Gasteiger partial charge in [0, 0.05) is 18.4 Å². The largest absolute Gasteiger partial charge is 0.367 e. The standard InChI is InChI=1S/C15H23N7O2/c1-15(2,3)14-18-13(19-20-14)11-8-21(6-7-24-11)12(23)4-5-22-10-16-9-17-22/h9-11H,4-8H2,1-3H3,(H,18,19,20)/t11-/m0/s1. The van der Waals surface area contributed by atoms with Gasteiger partial charge in [-0.3, -0.25) is 14.6 Å². The molecule has 3 heterocycles. The lowest BCUT2D eigenvalue weighted by Gasteiger charge is -2.32. The van der Waals surface area contributed by atoms with Crippen molar-refractivity contribution in [1.82, 2.24) is 34.8 Å². The molecule has 1 aliphatic heterocycles. The van der Waals surface area contributed by atoms with Crippen LogP contribution in [0.2, 0.25) is 0 Å². The maximum absolute atomic E-state index is 12.4. The first-order valence-corrected chi connectivity index (χ1v) is 8.08. The second-order valence-electron chi connectivity index (χ2n) is 6.90. The van der Waals surface area contributed by atoms with E-state index in [1.807, 2.05) is 4.90 Å². The Morgan fingerprint density at radius 2 is 2.29 bits per heavy atom. The van der Waals surface area contributed by atoms with Crippen LogP contribution in [0.25, 0.3) is 0 Å². The number of aryl methyl sites for hydroxylation is 1. The van der Waals surface area contributed by atoms with Crippen LogP contribution in [0.3, 0.4) is 0 Å². The summed E-state index contributed by atoms with van der Waals surface area (Å²) in [4.78, 5) is 22.6. The zero-order valence-corrected chi connectivity index (χ0v) is 14.3. The molecule has 24 heavy (non-hydrogen) atoms. The maximum atomic E-state index is 12.4. The van der Waals surface area contributed by atoms with Crippen LogP contribution in [0, 0.1) is 0 Å². The molecule has 0 aromatic carbocycles. The Hall–Kier alpha value is -2.29. The van der Waals surface area contributed by atoms with Crippen molar-refractivity contribution < 1.29 is 9.53 Å². The Bertz CT molecular complexity index is 674. The van der Waals surface area contributed by atoms with Gasteiger partial charge in [0.1, 0.15) is 18.8 Å². The Morgan fingerprint density at radius 1 is 1.46 bits per heavy atom. The molecule has 0 bridgehead atoms. The summed E-state index contributed by atoms with van der Waals surface area (Å²) in [7, 11) is 0. The highest BCUT2D eigenvalue weighted by atomic mass is 16.5. The minimum Gasteiger partial charge on any atom is -0.367 e. The van der Waals surface area contributed by atoms with Gasteiger partial charge >= 0.3 is 0 Å². The van der Waals surface area contributed by atoms with Crippen LogP contribution in [0.5, 0.6) is 0 Å². The Kier molecular flexibility index (Phi) is 4.61. The van der Waals surface area contributed by atoms with Crippen molar-refractivity contribution in [3.05, 3.63) is 24.3 Å². The molecule has 130 valence electrons. The Morgan fingerprint density at radius 3 is 2.96 bits per heavy atom. The number of carbonyl (C=O) groups is 1. The van der Waals surface area contributed by atoms with Crippen LogP contribution in [0.15, 0.2) is 12.7 Å². The van der Waals surface area contributed by atoms with E-state index in [1.54, 1.807) is 11.0 Å². The molecule has 3 rings (SSSR count). The summed E-state index contributed by atoms with van der Waals surface area (Å²) in [5.74, 6) is 1.50. The first-order chi connectivity index (χ1) is 11.4. The van der Waals surface area contributed by atoms with Crippen LogP contribution in [-0.2, 0) is 21.5 Å². The van der Waals surface area contributed by atoms with Gasteiger partial charge in [0.05, 0.1) is 19.7 Å². The minimum absolute atomic E-state index is 0.0781. The third-order valence-corrected chi connectivity index (χ3v) is 3.92. The van der Waals surface area contributed by atoms with Gasteiger partial charge in [0.15, 0.2) is 11.6 Å². The molecule has 1 aliphatic rings. The predicted molar refractivity (Wildman–Crippen MR) is 85.0 cm³/mol. The van der Waals surface area contributed by atoms with E-state index < -0.39 is 0 Å². The lowest BCUT2D eigenvalue weighted by atomic mass is 9.96. The summed E-state index contributed by atoms with van der Waals surface area (Å²) in [5, 5.41) is 11.2. The molecule has 9 heteroatoms. The van der Waals surface area contributed by atoms with E-state index in [9.17, 15) is 4.79 Å². The van der Waals surface area contributed by atoms with Crippen LogP contribution >= 0.6 is 0 Å². The number of aromatic amines is 1. The first-order valence-electron chi connectivity index (χ1n) is 8.08. The molecule has 2 aromatic rings. The van der Waals surface area contributed by atoms with E-state index >= 15 is 0 Å². The normalized spacial score (nSPS) is 18.8. The fourth-order valence-electron chi connectivity index (χ4n) is 2.51. The first kappa shape index (κ1) is 16.6. The molecule has 1 fully saturated rings. The smallest absolute Gasteiger partial charge is 0.224 e. The number of nitrogens with one attached hydrogen (secondary N) is 1. The van der Waals surface area contributed by atoms with E-state index in [4.69, 9.17) is 4.74 Å². The van der Waals surface area contributed by atoms with Gasteiger partial charge in [-0.25, -0.2) is 9.97 Å². The van der Waals surface area contributed by atoms with Crippen molar-refractivity contribution in [2.24, 2.45) is 0 Å². The number of morpholine rings is 1. The molecule has 9 nitrogen and oxygen atoms in total. The van der Waals surface area contributed by atoms with Gasteiger partial charge in [0.25, 0.3) is 0 Å². The average molecular weight is 333 g/mol. The number of amides is 1. The van der Waals surface area contributed by atoms with Crippen molar-refractivity contribution in [3.63, 3.8) is 0 Å². The highest BCUT2D eigenvalue weighted by Crippen LogP contribution is 2.23. The second kappa shape index (κ2) is 6.68. The third-order valence-electron chi connectivity index (χ3n) is 3.92. The van der Waals surface area contributed by atoms with Crippen molar-refractivity contribution in [1.29, 1.82) is 0 Å². The lowest BCUT2D eigenvalue weighted by molar-refractivity contribution is -0.139. The molecular weight excluding hydrogens is 310 g/mol. The summed E-state index contributed by atoms with van der Waals surface area (Å²) >= 11 is 0. The number of rotatable bonds is 4. The number of nitrogens with zero attached hydrogens (tertiary/aromatic N) is 6. The predicted octanol–water partition coefficient (Wildman–Crippen LogP) is 0.684. The number of H-pyrrole nitrogens is 1. The Balaban J connectivity index is 1.59. The van der Waals surface area contributed by atoms with Gasteiger partial charge < -0.3 is 9.64 Å². The van der Waals surface area contributed by atoms with Gasteiger partial charge in [-0.05, 0) is 0 Å². The van der Waals surface area contributed by atoms with Crippen LogP contribution in [-0.4, -0.2) is 60.4 Å². The highest BCUT2D eigenvalue weighted by molar-refractivity contribution is 5.76. The molecule has 1 N–H and O–H groups in total. The molecule has 2 aromatic heterocycles. The summed E-state index contributed by atoms with van der Waals surface area (Å²) in [6, 6.07) is 0. The molecule has 1 amide bonds. The van der Waals surface area contributed by atoms with E-state index in [0.717, 1.165) is 5.82 Å². The number of aromatic nitrogens is 6. The second-order valence-corrected chi connectivity index (χ2v) is 6.90. The third kappa shape index (κ3) is 3.78. The van der Waals surface area contributed by atoms with Crippen molar-refractivity contribution in [2.75, 3.05) is 19.7 Å². The molecule has 0 spiro atoms. The molecule has 0 unspecified atom stereocenters. The number of ether oxygens (including phenoxy) is 1. The van der Waals surface area contributed by atoms with Crippen LogP contribution in [0.1, 0.15) is 44.9 Å². The molecule has 0 aliphatic carbocycles. The summed E-state index contributed by atoms with van der Waals surface area (Å²) in [5.41, 5.74) is -0.128. The van der Waals surface area contributed by atoms with E-state index in [1.165, 1.54) is 6.33 Å². The van der Waals surface area contributed by atoms with E-state index in [-0.39, 0.29) is 17.4 Å². The molecule has 1 saturated heterocycles. The number of carbonyl (C=O) groups excluding carboxylic acids is 1. The topological polar surface area (TPSA) is 102 Å². The molecule has 1 atom stereocenters. The van der Waals surface area contributed by atoms with Gasteiger partial charge in [-0.2, -0.15) is 10.2 Å². The van der Waals surface area contributed by atoms with Crippen LogP contribution in [0.4, 0.5) is 0 Å². The van der Waals surface area contributed by atoms with Gasteiger partial charge in [0.2, 0.25) is 5.91 Å². The molecular formula is C15H23N7O2. The number of hydrogen-bond donors (Lipinski definition) is 1. The van der Waals surface area contributed by atoms with Crippen molar-refractivity contribution in [2.45, 2.75) is 45.3 Å². The Labute approximate surface area is 140 Å². The number of hydrogen-bond acceptors (Lipinski definition) is 6. The van der Waals surface area contributed by atoms with Crippen molar-refractivity contribution in [3.8, 4) is 0 Å². The van der Waals surface area contributed by atoms with E-state index in [0.29, 0.717) is 38.5 Å². The van der Waals surface area contributed by atoms with E-state index in [2.05, 4.69) is 46.0 Å². The summed E-state index contributed by atoms with van der Waals surface area (Å²) < 4.78 is 7.42. The molecule has 0 radical (unpaired) electrons. The average Bonchev–Trinajstić information content (AvgIpc) is 3.23. The SMILES string of the molecule is CC(C)(C)c1n[nH]c([C@@H]2CN(C(=O)CCn3cncn3)CCO2)n1. The van der Waals surface area contributed by atoms with Gasteiger partial charge in [-0.1, -0.05) is 20.8 Å². The van der Waals surface area contributed by atoms with Crippen LogP contribution < -0.4 is 0 Å².